The third kappa shape index (κ3) is 7.21. The topological polar surface area (TPSA) is 35.5 Å². The van der Waals surface area contributed by atoms with Crippen molar-refractivity contribution in [2.75, 3.05) is 26.1 Å². The molecular weight excluding hydrogens is 200 g/mol. The Morgan fingerprint density at radius 2 is 2.14 bits per heavy atom. The lowest BCUT2D eigenvalue weighted by molar-refractivity contribution is -0.139. The second kappa shape index (κ2) is 9.34. The van der Waals surface area contributed by atoms with E-state index >= 15 is 0 Å². The average molecular weight is 220 g/mol. The first-order valence-electron chi connectivity index (χ1n) is 4.99. The molecule has 0 aliphatic heterocycles. The standard InChI is InChI=1S/C10H20O3S/c1-4-5-6-13-7-8-14-9(2)10(11)12-3/h9H,4-8H2,1-3H3. The first-order valence-corrected chi connectivity index (χ1v) is 6.04. The summed E-state index contributed by atoms with van der Waals surface area (Å²) in [4.78, 5) is 11.0. The average Bonchev–Trinajstić information content (AvgIpc) is 2.21. The maximum Gasteiger partial charge on any atom is 0.318 e. The molecule has 0 aliphatic carbocycles. The molecule has 14 heavy (non-hydrogen) atoms. The van der Waals surface area contributed by atoms with Crippen LogP contribution in [-0.4, -0.2) is 37.3 Å². The third-order valence-corrected chi connectivity index (χ3v) is 2.87. The van der Waals surface area contributed by atoms with Crippen LogP contribution in [0.25, 0.3) is 0 Å². The van der Waals surface area contributed by atoms with Gasteiger partial charge in [-0.25, -0.2) is 0 Å². The zero-order valence-electron chi connectivity index (χ0n) is 9.25. The number of carbonyl (C=O) groups excluding carboxylic acids is 1. The zero-order chi connectivity index (χ0) is 10.8. The summed E-state index contributed by atoms with van der Waals surface area (Å²) in [7, 11) is 1.41. The van der Waals surface area contributed by atoms with Crippen molar-refractivity contribution in [3.05, 3.63) is 0 Å². The number of esters is 1. The smallest absolute Gasteiger partial charge is 0.318 e. The molecule has 84 valence electrons. The molecule has 0 fully saturated rings. The molecule has 0 saturated carbocycles. The van der Waals surface area contributed by atoms with Crippen LogP contribution in [0.15, 0.2) is 0 Å². The highest BCUT2D eigenvalue weighted by molar-refractivity contribution is 8.00. The Kier molecular flexibility index (Phi) is 9.19. The van der Waals surface area contributed by atoms with Crippen molar-refractivity contribution in [1.29, 1.82) is 0 Å². The number of ether oxygens (including phenoxy) is 2. The fourth-order valence-corrected chi connectivity index (χ4v) is 1.67. The van der Waals surface area contributed by atoms with Gasteiger partial charge in [-0.2, -0.15) is 0 Å². The van der Waals surface area contributed by atoms with E-state index in [2.05, 4.69) is 11.7 Å². The lowest BCUT2D eigenvalue weighted by Crippen LogP contribution is -2.16. The molecule has 0 spiro atoms. The molecule has 0 N–H and O–H groups in total. The molecule has 3 nitrogen and oxygen atoms in total. The van der Waals surface area contributed by atoms with Crippen LogP contribution in [0.2, 0.25) is 0 Å². The van der Waals surface area contributed by atoms with Crippen molar-refractivity contribution in [3.8, 4) is 0 Å². The number of carbonyl (C=O) groups is 1. The summed E-state index contributed by atoms with van der Waals surface area (Å²) >= 11 is 1.57. The molecule has 0 aliphatic rings. The first-order chi connectivity index (χ1) is 6.72. The molecule has 0 heterocycles. The molecule has 0 radical (unpaired) electrons. The molecule has 0 aromatic heterocycles. The number of methoxy groups -OCH3 is 1. The van der Waals surface area contributed by atoms with Crippen LogP contribution in [0.1, 0.15) is 26.7 Å². The van der Waals surface area contributed by atoms with Gasteiger partial charge in [-0.1, -0.05) is 13.3 Å². The van der Waals surface area contributed by atoms with Gasteiger partial charge in [0.2, 0.25) is 0 Å². The molecular formula is C10H20O3S. The summed E-state index contributed by atoms with van der Waals surface area (Å²) in [6.07, 6.45) is 2.27. The molecule has 0 aromatic carbocycles. The number of unbranched alkanes of at least 4 members (excludes halogenated alkanes) is 1. The Bertz CT molecular complexity index is 150. The van der Waals surface area contributed by atoms with Crippen LogP contribution in [-0.2, 0) is 14.3 Å². The van der Waals surface area contributed by atoms with Crippen molar-refractivity contribution in [3.63, 3.8) is 0 Å². The van der Waals surface area contributed by atoms with Crippen LogP contribution < -0.4 is 0 Å². The summed E-state index contributed by atoms with van der Waals surface area (Å²) in [6, 6.07) is 0. The molecule has 0 amide bonds. The summed E-state index contributed by atoms with van der Waals surface area (Å²) in [6.45, 7) is 5.52. The van der Waals surface area contributed by atoms with Crippen LogP contribution in [0.5, 0.6) is 0 Å². The molecule has 1 atom stereocenters. The summed E-state index contributed by atoms with van der Waals surface area (Å²) in [5.41, 5.74) is 0. The third-order valence-electron chi connectivity index (χ3n) is 1.77. The van der Waals surface area contributed by atoms with Gasteiger partial charge in [0.15, 0.2) is 0 Å². The number of rotatable bonds is 8. The highest BCUT2D eigenvalue weighted by Gasteiger charge is 2.12. The minimum absolute atomic E-state index is 0.0882. The number of hydrogen-bond donors (Lipinski definition) is 0. The highest BCUT2D eigenvalue weighted by Crippen LogP contribution is 2.11. The Hall–Kier alpha value is -0.220. The van der Waals surface area contributed by atoms with Gasteiger partial charge in [-0.15, -0.1) is 11.8 Å². The fraction of sp³-hybridized carbons (Fsp3) is 0.900. The van der Waals surface area contributed by atoms with Gasteiger partial charge in [-0.3, -0.25) is 4.79 Å². The van der Waals surface area contributed by atoms with E-state index in [-0.39, 0.29) is 11.2 Å². The monoisotopic (exact) mass is 220 g/mol. The minimum Gasteiger partial charge on any atom is -0.468 e. The van der Waals surface area contributed by atoms with Gasteiger partial charge in [0.1, 0.15) is 0 Å². The molecule has 0 aromatic rings. The van der Waals surface area contributed by atoms with E-state index in [9.17, 15) is 4.79 Å². The normalized spacial score (nSPS) is 12.5. The van der Waals surface area contributed by atoms with Gasteiger partial charge in [0.05, 0.1) is 19.0 Å². The van der Waals surface area contributed by atoms with Crippen molar-refractivity contribution in [2.24, 2.45) is 0 Å². The lowest BCUT2D eigenvalue weighted by Gasteiger charge is -2.08. The van der Waals surface area contributed by atoms with Gasteiger partial charge in [0.25, 0.3) is 0 Å². The van der Waals surface area contributed by atoms with E-state index in [0.29, 0.717) is 6.61 Å². The van der Waals surface area contributed by atoms with E-state index in [1.165, 1.54) is 7.11 Å². The largest absolute Gasteiger partial charge is 0.468 e. The summed E-state index contributed by atoms with van der Waals surface area (Å²) in [5, 5.41) is -0.0882. The molecule has 0 rings (SSSR count). The van der Waals surface area contributed by atoms with Crippen LogP contribution in [0.4, 0.5) is 0 Å². The van der Waals surface area contributed by atoms with Crippen molar-refractivity contribution < 1.29 is 14.3 Å². The Morgan fingerprint density at radius 3 is 2.71 bits per heavy atom. The molecule has 1 unspecified atom stereocenters. The van der Waals surface area contributed by atoms with E-state index in [1.54, 1.807) is 11.8 Å². The highest BCUT2D eigenvalue weighted by atomic mass is 32.2. The van der Waals surface area contributed by atoms with Gasteiger partial charge in [-0.05, 0) is 13.3 Å². The maximum absolute atomic E-state index is 11.0. The molecule has 0 bridgehead atoms. The van der Waals surface area contributed by atoms with Crippen molar-refractivity contribution in [2.45, 2.75) is 31.9 Å². The number of thioether (sulfide) groups is 1. The van der Waals surface area contributed by atoms with E-state index < -0.39 is 0 Å². The SMILES string of the molecule is CCCCOCCSC(C)C(=O)OC. The quantitative estimate of drug-likeness (QED) is 0.463. The Balaban J connectivity index is 3.23. The van der Waals surface area contributed by atoms with Gasteiger partial charge in [0, 0.05) is 12.4 Å². The Labute approximate surface area is 90.5 Å². The second-order valence-electron chi connectivity index (χ2n) is 3.00. The van der Waals surface area contributed by atoms with Crippen molar-refractivity contribution in [1.82, 2.24) is 0 Å². The zero-order valence-corrected chi connectivity index (χ0v) is 10.1. The Morgan fingerprint density at radius 1 is 1.43 bits per heavy atom. The lowest BCUT2D eigenvalue weighted by atomic mass is 10.4. The van der Waals surface area contributed by atoms with E-state index in [0.717, 1.165) is 25.2 Å². The van der Waals surface area contributed by atoms with Crippen LogP contribution in [0.3, 0.4) is 0 Å². The minimum atomic E-state index is -0.163. The number of hydrogen-bond acceptors (Lipinski definition) is 4. The van der Waals surface area contributed by atoms with Crippen LogP contribution in [0, 0.1) is 0 Å². The molecule has 0 saturated heterocycles. The van der Waals surface area contributed by atoms with Gasteiger partial charge >= 0.3 is 5.97 Å². The van der Waals surface area contributed by atoms with Gasteiger partial charge < -0.3 is 9.47 Å². The van der Waals surface area contributed by atoms with Crippen LogP contribution >= 0.6 is 11.8 Å². The fourth-order valence-electron chi connectivity index (χ4n) is 0.866. The molecule has 4 heteroatoms. The predicted molar refractivity (Wildman–Crippen MR) is 59.7 cm³/mol. The second-order valence-corrected chi connectivity index (χ2v) is 4.45. The van der Waals surface area contributed by atoms with E-state index in [4.69, 9.17) is 4.74 Å². The predicted octanol–water partition coefficient (Wildman–Crippen LogP) is 2.10. The first kappa shape index (κ1) is 13.8. The maximum atomic E-state index is 11.0. The van der Waals surface area contributed by atoms with Crippen molar-refractivity contribution >= 4 is 17.7 Å². The summed E-state index contributed by atoms with van der Waals surface area (Å²) in [5.74, 6) is 0.684. The van der Waals surface area contributed by atoms with E-state index in [1.807, 2.05) is 6.92 Å². The summed E-state index contributed by atoms with van der Waals surface area (Å²) < 4.78 is 9.97.